The molecule has 0 saturated carbocycles. The number of hydrogen-bond donors (Lipinski definition) is 2. The first-order valence-corrected chi connectivity index (χ1v) is 6.07. The van der Waals surface area contributed by atoms with Gasteiger partial charge >= 0.3 is 5.97 Å². The fourth-order valence-electron chi connectivity index (χ4n) is 1.60. The number of anilines is 2. The second-order valence-electron chi connectivity index (χ2n) is 3.97. The Hall–Kier alpha value is -2.34. The molecular formula is C13H12ClN3O3. The van der Waals surface area contributed by atoms with Crippen LogP contribution in [0.4, 0.5) is 11.5 Å². The van der Waals surface area contributed by atoms with Gasteiger partial charge in [0, 0.05) is 6.07 Å². The number of hydrogen-bond acceptors (Lipinski definition) is 5. The summed E-state index contributed by atoms with van der Waals surface area (Å²) in [5, 5.41) is 12.2. The second-order valence-corrected chi connectivity index (χ2v) is 4.37. The summed E-state index contributed by atoms with van der Waals surface area (Å²) in [7, 11) is 1.51. The van der Waals surface area contributed by atoms with E-state index in [0.29, 0.717) is 28.2 Å². The largest absolute Gasteiger partial charge is 0.481 e. The number of nitrogens with one attached hydrogen (secondary N) is 1. The average Bonchev–Trinajstić information content (AvgIpc) is 2.40. The molecule has 0 spiro atoms. The van der Waals surface area contributed by atoms with E-state index in [2.05, 4.69) is 15.3 Å². The molecule has 2 N–H and O–H groups in total. The summed E-state index contributed by atoms with van der Waals surface area (Å²) in [5.74, 6) is 0.459. The molecule has 7 heteroatoms. The molecule has 0 bridgehead atoms. The highest BCUT2D eigenvalue weighted by atomic mass is 35.5. The van der Waals surface area contributed by atoms with Gasteiger partial charge in [0.2, 0.25) is 5.88 Å². The van der Waals surface area contributed by atoms with Crippen molar-refractivity contribution in [2.75, 3.05) is 12.4 Å². The minimum absolute atomic E-state index is 0.122. The van der Waals surface area contributed by atoms with E-state index >= 15 is 0 Å². The van der Waals surface area contributed by atoms with Gasteiger partial charge in [0.15, 0.2) is 0 Å². The molecule has 0 atom stereocenters. The molecule has 2 rings (SSSR count). The maximum Gasteiger partial charge on any atom is 0.335 e. The predicted molar refractivity (Wildman–Crippen MR) is 75.0 cm³/mol. The molecule has 0 unspecified atom stereocenters. The van der Waals surface area contributed by atoms with E-state index in [9.17, 15) is 4.79 Å². The topological polar surface area (TPSA) is 84.3 Å². The van der Waals surface area contributed by atoms with Crippen LogP contribution in [-0.4, -0.2) is 28.2 Å². The van der Waals surface area contributed by atoms with Crippen molar-refractivity contribution in [2.45, 2.75) is 6.92 Å². The Balaban J connectivity index is 2.30. The van der Waals surface area contributed by atoms with Crippen LogP contribution in [0.25, 0.3) is 0 Å². The van der Waals surface area contributed by atoms with Crippen molar-refractivity contribution in [1.82, 2.24) is 9.97 Å². The van der Waals surface area contributed by atoms with E-state index in [-0.39, 0.29) is 5.56 Å². The quantitative estimate of drug-likeness (QED) is 0.901. The molecule has 1 aromatic heterocycles. The monoisotopic (exact) mass is 293 g/mol. The van der Waals surface area contributed by atoms with E-state index < -0.39 is 5.97 Å². The molecule has 0 aliphatic rings. The zero-order valence-electron chi connectivity index (χ0n) is 10.8. The number of methoxy groups -OCH3 is 1. The van der Waals surface area contributed by atoms with Gasteiger partial charge < -0.3 is 15.2 Å². The lowest BCUT2D eigenvalue weighted by atomic mass is 10.2. The summed E-state index contributed by atoms with van der Waals surface area (Å²) in [6.45, 7) is 1.74. The molecular weight excluding hydrogens is 282 g/mol. The number of aromatic carboxylic acids is 1. The first kappa shape index (κ1) is 14.1. The average molecular weight is 294 g/mol. The van der Waals surface area contributed by atoms with Crippen LogP contribution >= 0.6 is 11.6 Å². The Bertz CT molecular complexity index is 661. The minimum atomic E-state index is -1.03. The van der Waals surface area contributed by atoms with Crippen molar-refractivity contribution >= 4 is 29.1 Å². The van der Waals surface area contributed by atoms with Gasteiger partial charge in [-0.3, -0.25) is 0 Å². The van der Waals surface area contributed by atoms with Crippen LogP contribution < -0.4 is 10.1 Å². The maximum absolute atomic E-state index is 10.8. The van der Waals surface area contributed by atoms with Gasteiger partial charge in [0.25, 0.3) is 0 Å². The fourth-order valence-corrected chi connectivity index (χ4v) is 1.82. The van der Waals surface area contributed by atoms with Crippen molar-refractivity contribution in [3.63, 3.8) is 0 Å². The standard InChI is InChI=1S/C13H12ClN3O3/c1-7-15-11(6-12(16-7)20-2)17-10-4-3-8(13(18)19)5-9(10)14/h3-6H,1-2H3,(H,18,19)(H,15,16,17). The first-order valence-electron chi connectivity index (χ1n) is 5.69. The van der Waals surface area contributed by atoms with E-state index in [1.807, 2.05) is 0 Å². The number of benzene rings is 1. The van der Waals surface area contributed by atoms with Crippen LogP contribution in [0.15, 0.2) is 24.3 Å². The zero-order chi connectivity index (χ0) is 14.7. The molecule has 6 nitrogen and oxygen atoms in total. The molecule has 0 amide bonds. The third-order valence-corrected chi connectivity index (χ3v) is 2.82. The van der Waals surface area contributed by atoms with Crippen LogP contribution in [0, 0.1) is 6.92 Å². The molecule has 0 saturated heterocycles. The molecule has 0 fully saturated rings. The number of nitrogens with zero attached hydrogens (tertiary/aromatic N) is 2. The van der Waals surface area contributed by atoms with Crippen molar-refractivity contribution in [3.05, 3.63) is 40.7 Å². The summed E-state index contributed by atoms with van der Waals surface area (Å²) >= 11 is 6.04. The summed E-state index contributed by atoms with van der Waals surface area (Å²) in [6, 6.07) is 6.03. The van der Waals surface area contributed by atoms with E-state index in [1.54, 1.807) is 19.1 Å². The number of aryl methyl sites for hydroxylation is 1. The number of carboxylic acid groups (broad SMARTS) is 1. The number of ether oxygens (including phenoxy) is 1. The lowest BCUT2D eigenvalue weighted by Crippen LogP contribution is -2.01. The normalized spacial score (nSPS) is 10.2. The molecule has 0 radical (unpaired) electrons. The van der Waals surface area contributed by atoms with Crippen LogP contribution in [0.5, 0.6) is 5.88 Å². The molecule has 20 heavy (non-hydrogen) atoms. The van der Waals surface area contributed by atoms with E-state index in [0.717, 1.165) is 0 Å². The Morgan fingerprint density at radius 1 is 1.35 bits per heavy atom. The number of rotatable bonds is 4. The van der Waals surface area contributed by atoms with E-state index in [4.69, 9.17) is 21.4 Å². The van der Waals surface area contributed by atoms with Crippen LogP contribution in [0.3, 0.4) is 0 Å². The van der Waals surface area contributed by atoms with Gasteiger partial charge in [-0.15, -0.1) is 0 Å². The summed E-state index contributed by atoms with van der Waals surface area (Å²) in [6.07, 6.45) is 0. The molecule has 2 aromatic rings. The Kier molecular flexibility index (Phi) is 4.05. The molecule has 0 aliphatic heterocycles. The Labute approximate surface area is 120 Å². The highest BCUT2D eigenvalue weighted by molar-refractivity contribution is 6.33. The minimum Gasteiger partial charge on any atom is -0.481 e. The van der Waals surface area contributed by atoms with Crippen molar-refractivity contribution < 1.29 is 14.6 Å². The number of halogens is 1. The molecule has 104 valence electrons. The van der Waals surface area contributed by atoms with Gasteiger partial charge in [0.05, 0.1) is 23.4 Å². The van der Waals surface area contributed by atoms with Crippen LogP contribution in [0.2, 0.25) is 5.02 Å². The van der Waals surface area contributed by atoms with Gasteiger partial charge in [0.1, 0.15) is 11.6 Å². The van der Waals surface area contributed by atoms with Gasteiger partial charge in [-0.2, -0.15) is 4.98 Å². The number of carboxylic acids is 1. The third kappa shape index (κ3) is 3.16. The number of aromatic nitrogens is 2. The Morgan fingerprint density at radius 3 is 2.70 bits per heavy atom. The van der Waals surface area contributed by atoms with Gasteiger partial charge in [-0.1, -0.05) is 11.6 Å². The lowest BCUT2D eigenvalue weighted by molar-refractivity contribution is 0.0697. The lowest BCUT2D eigenvalue weighted by Gasteiger charge is -2.10. The summed E-state index contributed by atoms with van der Waals surface area (Å²) < 4.78 is 5.05. The van der Waals surface area contributed by atoms with E-state index in [1.165, 1.54) is 19.2 Å². The van der Waals surface area contributed by atoms with Crippen molar-refractivity contribution in [1.29, 1.82) is 0 Å². The van der Waals surface area contributed by atoms with Gasteiger partial charge in [-0.05, 0) is 25.1 Å². The third-order valence-electron chi connectivity index (χ3n) is 2.50. The van der Waals surface area contributed by atoms with Gasteiger partial charge in [-0.25, -0.2) is 9.78 Å². The first-order chi connectivity index (χ1) is 9.49. The summed E-state index contributed by atoms with van der Waals surface area (Å²) in [4.78, 5) is 19.1. The smallest absolute Gasteiger partial charge is 0.335 e. The van der Waals surface area contributed by atoms with Crippen LogP contribution in [0.1, 0.15) is 16.2 Å². The second kappa shape index (κ2) is 5.75. The van der Waals surface area contributed by atoms with Crippen LogP contribution in [-0.2, 0) is 0 Å². The summed E-state index contributed by atoms with van der Waals surface area (Å²) in [5.41, 5.74) is 0.675. The maximum atomic E-state index is 10.8. The number of carbonyl (C=O) groups is 1. The predicted octanol–water partition coefficient (Wildman–Crippen LogP) is 2.89. The fraction of sp³-hybridized carbons (Fsp3) is 0.154. The highest BCUT2D eigenvalue weighted by Crippen LogP contribution is 2.26. The Morgan fingerprint density at radius 2 is 2.10 bits per heavy atom. The van der Waals surface area contributed by atoms with Crippen molar-refractivity contribution in [3.8, 4) is 5.88 Å². The highest BCUT2D eigenvalue weighted by Gasteiger charge is 2.09. The van der Waals surface area contributed by atoms with Crippen molar-refractivity contribution in [2.24, 2.45) is 0 Å². The zero-order valence-corrected chi connectivity index (χ0v) is 11.6. The molecule has 1 heterocycles. The molecule has 0 aliphatic carbocycles. The molecule has 1 aromatic carbocycles. The SMILES string of the molecule is COc1cc(Nc2ccc(C(=O)O)cc2Cl)nc(C)n1.